The third-order valence-electron chi connectivity index (χ3n) is 3.36. The van der Waals surface area contributed by atoms with E-state index in [-0.39, 0.29) is 5.91 Å². The molecule has 0 aliphatic rings. The molecule has 0 saturated heterocycles. The largest absolute Gasteiger partial charge is 0.497 e. The van der Waals surface area contributed by atoms with Crippen LogP contribution in [0.15, 0.2) is 55.0 Å². The lowest BCUT2D eigenvalue weighted by Crippen LogP contribution is -2.23. The molecule has 22 heavy (non-hydrogen) atoms. The maximum atomic E-state index is 11.9. The summed E-state index contributed by atoms with van der Waals surface area (Å²) in [4.78, 5) is 19.8. The number of nitrogens with one attached hydrogen (secondary N) is 1. The molecule has 0 fully saturated rings. The quantitative estimate of drug-likeness (QED) is 0.803. The van der Waals surface area contributed by atoms with Crippen LogP contribution in [0.5, 0.6) is 5.75 Å². The van der Waals surface area contributed by atoms with E-state index in [4.69, 9.17) is 4.74 Å². The van der Waals surface area contributed by atoms with Gasteiger partial charge in [0.15, 0.2) is 0 Å². The number of amides is 1. The summed E-state index contributed by atoms with van der Waals surface area (Å²) in [6.07, 6.45) is 4.48. The van der Waals surface area contributed by atoms with Crippen LogP contribution < -0.4 is 10.1 Å². The van der Waals surface area contributed by atoms with E-state index in [1.807, 2.05) is 36.4 Å². The highest BCUT2D eigenvalue weighted by atomic mass is 16.5. The summed E-state index contributed by atoms with van der Waals surface area (Å²) in [6.45, 7) is 0.442. The molecule has 5 heteroatoms. The first-order chi connectivity index (χ1) is 10.8. The Balaban J connectivity index is 1.73. The van der Waals surface area contributed by atoms with Crippen LogP contribution in [-0.2, 0) is 6.54 Å². The highest BCUT2D eigenvalue weighted by Gasteiger charge is 2.06. The van der Waals surface area contributed by atoms with Crippen LogP contribution in [0, 0.1) is 0 Å². The van der Waals surface area contributed by atoms with E-state index in [1.165, 1.54) is 18.6 Å². The number of ether oxygens (including phenoxy) is 1. The van der Waals surface area contributed by atoms with Crippen LogP contribution in [0.4, 0.5) is 0 Å². The zero-order valence-corrected chi connectivity index (χ0v) is 12.1. The molecular weight excluding hydrogens is 278 g/mol. The fourth-order valence-electron chi connectivity index (χ4n) is 2.20. The molecular formula is C17H15N3O2. The number of aromatic nitrogens is 2. The topological polar surface area (TPSA) is 64.1 Å². The van der Waals surface area contributed by atoms with E-state index in [1.54, 1.807) is 7.11 Å². The Morgan fingerprint density at radius 2 is 1.95 bits per heavy atom. The molecule has 1 N–H and O–H groups in total. The zero-order valence-electron chi connectivity index (χ0n) is 12.1. The third-order valence-corrected chi connectivity index (χ3v) is 3.36. The Morgan fingerprint density at radius 1 is 1.14 bits per heavy atom. The van der Waals surface area contributed by atoms with Crippen molar-refractivity contribution in [3.05, 3.63) is 66.2 Å². The number of fused-ring (bicyclic) bond motifs is 1. The maximum Gasteiger partial charge on any atom is 0.271 e. The standard InChI is InChI=1S/C17H15N3O2/c1-22-15-5-4-13-8-12(2-3-14(13)9-15)10-20-17(21)16-11-18-6-7-19-16/h2-9,11H,10H2,1H3,(H,20,21). The first-order valence-electron chi connectivity index (χ1n) is 6.87. The Hall–Kier alpha value is -2.95. The molecule has 0 saturated carbocycles. The Bertz CT molecular complexity index is 803. The number of hydrogen-bond acceptors (Lipinski definition) is 4. The van der Waals surface area contributed by atoms with Crippen molar-refractivity contribution in [3.8, 4) is 5.75 Å². The van der Waals surface area contributed by atoms with E-state index in [9.17, 15) is 4.79 Å². The second-order valence-electron chi connectivity index (χ2n) is 4.82. The molecule has 1 aromatic heterocycles. The first kappa shape index (κ1) is 14.0. The van der Waals surface area contributed by atoms with Gasteiger partial charge < -0.3 is 10.1 Å². The lowest BCUT2D eigenvalue weighted by molar-refractivity contribution is 0.0945. The van der Waals surface area contributed by atoms with Gasteiger partial charge in [0.25, 0.3) is 5.91 Å². The Kier molecular flexibility index (Phi) is 3.96. The monoisotopic (exact) mass is 293 g/mol. The Labute approximate surface area is 128 Å². The molecule has 3 rings (SSSR count). The van der Waals surface area contributed by atoms with Crippen molar-refractivity contribution >= 4 is 16.7 Å². The third kappa shape index (κ3) is 3.03. The molecule has 0 radical (unpaired) electrons. The van der Waals surface area contributed by atoms with Crippen LogP contribution in [-0.4, -0.2) is 23.0 Å². The van der Waals surface area contributed by atoms with E-state index < -0.39 is 0 Å². The maximum absolute atomic E-state index is 11.9. The number of hydrogen-bond donors (Lipinski definition) is 1. The van der Waals surface area contributed by atoms with Crippen LogP contribution in [0.25, 0.3) is 10.8 Å². The number of carbonyl (C=O) groups is 1. The normalized spacial score (nSPS) is 10.4. The lowest BCUT2D eigenvalue weighted by atomic mass is 10.1. The molecule has 0 aliphatic carbocycles. The van der Waals surface area contributed by atoms with Gasteiger partial charge in [-0.25, -0.2) is 4.98 Å². The molecule has 0 unspecified atom stereocenters. The van der Waals surface area contributed by atoms with Gasteiger partial charge in [0.2, 0.25) is 0 Å². The van der Waals surface area contributed by atoms with Crippen LogP contribution in [0.1, 0.15) is 16.1 Å². The summed E-state index contributed by atoms with van der Waals surface area (Å²) < 4.78 is 5.21. The van der Waals surface area contributed by atoms with Gasteiger partial charge in [0, 0.05) is 18.9 Å². The van der Waals surface area contributed by atoms with Crippen molar-refractivity contribution in [2.24, 2.45) is 0 Å². The van der Waals surface area contributed by atoms with Gasteiger partial charge >= 0.3 is 0 Å². The minimum atomic E-state index is -0.233. The van der Waals surface area contributed by atoms with Crippen molar-refractivity contribution in [1.82, 2.24) is 15.3 Å². The second kappa shape index (κ2) is 6.22. The molecule has 110 valence electrons. The predicted molar refractivity (Wildman–Crippen MR) is 83.7 cm³/mol. The molecule has 0 bridgehead atoms. The van der Waals surface area contributed by atoms with Crippen LogP contribution >= 0.6 is 0 Å². The average Bonchev–Trinajstić information content (AvgIpc) is 2.59. The smallest absolute Gasteiger partial charge is 0.271 e. The summed E-state index contributed by atoms with van der Waals surface area (Å²) in [7, 11) is 1.65. The summed E-state index contributed by atoms with van der Waals surface area (Å²) in [6, 6.07) is 12.0. The summed E-state index contributed by atoms with van der Waals surface area (Å²) >= 11 is 0. The van der Waals surface area contributed by atoms with Crippen LogP contribution in [0.3, 0.4) is 0 Å². The molecule has 0 spiro atoms. The van der Waals surface area contributed by atoms with E-state index in [2.05, 4.69) is 15.3 Å². The van der Waals surface area contributed by atoms with Gasteiger partial charge in [0.05, 0.1) is 13.3 Å². The van der Waals surface area contributed by atoms with E-state index >= 15 is 0 Å². The number of nitrogens with zero attached hydrogens (tertiary/aromatic N) is 2. The summed E-state index contributed by atoms with van der Waals surface area (Å²) in [5.74, 6) is 0.596. The number of benzene rings is 2. The molecule has 3 aromatic rings. The molecule has 0 aliphatic heterocycles. The SMILES string of the molecule is COc1ccc2cc(CNC(=O)c3cnccn3)ccc2c1. The van der Waals surface area contributed by atoms with Gasteiger partial charge in [-0.05, 0) is 34.5 Å². The predicted octanol–water partition coefficient (Wildman–Crippen LogP) is 2.57. The Morgan fingerprint density at radius 3 is 2.73 bits per heavy atom. The van der Waals surface area contributed by atoms with Crippen molar-refractivity contribution < 1.29 is 9.53 Å². The number of carbonyl (C=O) groups excluding carboxylic acids is 1. The fourth-order valence-corrected chi connectivity index (χ4v) is 2.20. The lowest BCUT2D eigenvalue weighted by Gasteiger charge is -2.07. The fraction of sp³-hybridized carbons (Fsp3) is 0.118. The van der Waals surface area contributed by atoms with Gasteiger partial charge in [-0.2, -0.15) is 0 Å². The van der Waals surface area contributed by atoms with Crippen molar-refractivity contribution in [2.75, 3.05) is 7.11 Å². The number of rotatable bonds is 4. The molecule has 1 amide bonds. The minimum Gasteiger partial charge on any atom is -0.497 e. The first-order valence-corrected chi connectivity index (χ1v) is 6.87. The van der Waals surface area contributed by atoms with Crippen molar-refractivity contribution in [2.45, 2.75) is 6.54 Å². The van der Waals surface area contributed by atoms with E-state index in [0.29, 0.717) is 12.2 Å². The van der Waals surface area contributed by atoms with Gasteiger partial charge in [0.1, 0.15) is 11.4 Å². The molecule has 2 aromatic carbocycles. The molecule has 5 nitrogen and oxygen atoms in total. The highest BCUT2D eigenvalue weighted by molar-refractivity contribution is 5.92. The average molecular weight is 293 g/mol. The van der Waals surface area contributed by atoms with Gasteiger partial charge in [-0.15, -0.1) is 0 Å². The zero-order chi connectivity index (χ0) is 15.4. The van der Waals surface area contributed by atoms with Crippen molar-refractivity contribution in [3.63, 3.8) is 0 Å². The molecule has 1 heterocycles. The number of methoxy groups -OCH3 is 1. The molecule has 0 atom stereocenters. The van der Waals surface area contributed by atoms with Gasteiger partial charge in [-0.1, -0.05) is 18.2 Å². The van der Waals surface area contributed by atoms with Gasteiger partial charge in [-0.3, -0.25) is 9.78 Å². The van der Waals surface area contributed by atoms with E-state index in [0.717, 1.165) is 22.1 Å². The highest BCUT2D eigenvalue weighted by Crippen LogP contribution is 2.21. The second-order valence-corrected chi connectivity index (χ2v) is 4.82. The summed E-state index contributed by atoms with van der Waals surface area (Å²) in [5, 5.41) is 5.04. The van der Waals surface area contributed by atoms with Crippen molar-refractivity contribution in [1.29, 1.82) is 0 Å². The minimum absolute atomic E-state index is 0.233. The van der Waals surface area contributed by atoms with Crippen LogP contribution in [0.2, 0.25) is 0 Å². The summed E-state index contributed by atoms with van der Waals surface area (Å²) in [5.41, 5.74) is 1.34.